The number of nitrogens with one attached hydrogen (secondary N) is 1. The van der Waals surface area contributed by atoms with Gasteiger partial charge in [-0.3, -0.25) is 4.79 Å². The van der Waals surface area contributed by atoms with Crippen molar-refractivity contribution in [2.75, 3.05) is 18.8 Å². The summed E-state index contributed by atoms with van der Waals surface area (Å²) in [5.74, 6) is 1.06. The molecule has 0 aliphatic carbocycles. The number of alkyl carbamates (subject to hydrolysis) is 1. The van der Waals surface area contributed by atoms with E-state index in [1.165, 1.54) is 0 Å². The molecule has 3 heterocycles. The van der Waals surface area contributed by atoms with Gasteiger partial charge in [0.25, 0.3) is 0 Å². The average molecular weight is 506 g/mol. The van der Waals surface area contributed by atoms with Gasteiger partial charge in [0, 0.05) is 36.7 Å². The highest BCUT2D eigenvalue weighted by molar-refractivity contribution is 7.99. The Morgan fingerprint density at radius 1 is 1.23 bits per heavy atom. The van der Waals surface area contributed by atoms with Crippen molar-refractivity contribution < 1.29 is 23.6 Å². The molecular weight excluding hydrogens is 467 g/mol. The Morgan fingerprint density at radius 2 is 1.83 bits per heavy atom. The van der Waals surface area contributed by atoms with E-state index in [2.05, 4.69) is 15.3 Å². The van der Waals surface area contributed by atoms with Gasteiger partial charge in [-0.1, -0.05) is 11.8 Å². The molecule has 1 N–H and O–H groups in total. The normalized spacial score (nSPS) is 22.6. The van der Waals surface area contributed by atoms with E-state index in [1.54, 1.807) is 51.9 Å². The number of hydrogen-bond donors (Lipinski definition) is 1. The highest BCUT2D eigenvalue weighted by Gasteiger charge is 2.52. The summed E-state index contributed by atoms with van der Waals surface area (Å²) in [4.78, 5) is 35.7. The minimum absolute atomic E-state index is 0.0893. The van der Waals surface area contributed by atoms with E-state index >= 15 is 0 Å². The highest BCUT2D eigenvalue weighted by atomic mass is 32.2. The van der Waals surface area contributed by atoms with E-state index in [0.717, 1.165) is 24.1 Å². The third kappa shape index (κ3) is 7.33. The van der Waals surface area contributed by atoms with Crippen LogP contribution in [-0.4, -0.2) is 75.7 Å². The number of carbonyl (C=O) groups is 2. The number of nitrogens with zero attached hydrogens (tertiary/aromatic N) is 3. The first-order valence-corrected chi connectivity index (χ1v) is 13.2. The molecule has 1 aromatic heterocycles. The molecule has 2 unspecified atom stereocenters. The van der Waals surface area contributed by atoms with Gasteiger partial charge in [-0.15, -0.1) is 0 Å². The fraction of sp³-hybridized carbons (Fsp3) is 0.750. The molecule has 2 fully saturated rings. The van der Waals surface area contributed by atoms with Crippen LogP contribution in [0.2, 0.25) is 0 Å². The molecule has 35 heavy (non-hydrogen) atoms. The van der Waals surface area contributed by atoms with E-state index in [-0.39, 0.29) is 5.91 Å². The number of rotatable bonds is 6. The number of piperidine rings is 1. The Hall–Kier alpha value is -1.85. The number of thioether (sulfide) groups is 1. The second kappa shape index (κ2) is 10.6. The van der Waals surface area contributed by atoms with Crippen LogP contribution in [0.1, 0.15) is 68.2 Å². The molecular formula is C24H39BN4O5S. The predicted molar refractivity (Wildman–Crippen MR) is 137 cm³/mol. The van der Waals surface area contributed by atoms with Gasteiger partial charge in [-0.25, -0.2) is 14.8 Å². The number of hydrogen-bond acceptors (Lipinski definition) is 8. The third-order valence-corrected chi connectivity index (χ3v) is 7.66. The molecule has 11 heteroatoms. The molecule has 0 spiro atoms. The van der Waals surface area contributed by atoms with Crippen molar-refractivity contribution in [2.45, 2.75) is 96.2 Å². The minimum atomic E-state index is -0.637. The number of aromatic nitrogens is 2. The van der Waals surface area contributed by atoms with Crippen molar-refractivity contribution in [3.05, 3.63) is 12.4 Å². The van der Waals surface area contributed by atoms with Gasteiger partial charge in [0.05, 0.1) is 11.2 Å². The van der Waals surface area contributed by atoms with Gasteiger partial charge in [-0.2, -0.15) is 0 Å². The second-order valence-corrected chi connectivity index (χ2v) is 12.3. The van der Waals surface area contributed by atoms with Crippen molar-refractivity contribution in [2.24, 2.45) is 5.92 Å². The summed E-state index contributed by atoms with van der Waals surface area (Å²) < 4.78 is 17.4. The largest absolute Gasteiger partial charge is 0.498 e. The lowest BCUT2D eigenvalue weighted by molar-refractivity contribution is -0.134. The lowest BCUT2D eigenvalue weighted by atomic mass is 9.81. The molecule has 0 bridgehead atoms. The number of likely N-dealkylation sites (tertiary alicyclic amines) is 1. The first kappa shape index (κ1) is 27.7. The molecule has 194 valence electrons. The van der Waals surface area contributed by atoms with Crippen LogP contribution in [0.15, 0.2) is 17.6 Å². The molecule has 0 aromatic carbocycles. The summed E-state index contributed by atoms with van der Waals surface area (Å²) in [6.45, 7) is 16.5. The Kier molecular flexibility index (Phi) is 8.43. The third-order valence-electron chi connectivity index (χ3n) is 6.56. The van der Waals surface area contributed by atoms with Gasteiger partial charge in [0.15, 0.2) is 5.16 Å². The fourth-order valence-electron chi connectivity index (χ4n) is 3.92. The molecule has 2 amide bonds. The van der Waals surface area contributed by atoms with E-state index in [1.807, 2.05) is 32.6 Å². The predicted octanol–water partition coefficient (Wildman–Crippen LogP) is 3.02. The first-order valence-electron chi connectivity index (χ1n) is 12.3. The van der Waals surface area contributed by atoms with E-state index in [4.69, 9.17) is 14.0 Å². The quantitative estimate of drug-likeness (QED) is 0.357. The van der Waals surface area contributed by atoms with Crippen LogP contribution in [0.3, 0.4) is 0 Å². The average Bonchev–Trinajstić information content (AvgIpc) is 2.97. The summed E-state index contributed by atoms with van der Waals surface area (Å²) >= 11 is 1.59. The molecule has 9 nitrogen and oxygen atoms in total. The fourth-order valence-corrected chi connectivity index (χ4v) is 4.83. The van der Waals surface area contributed by atoms with E-state index in [9.17, 15) is 9.59 Å². The summed E-state index contributed by atoms with van der Waals surface area (Å²) in [7, 11) is -0.478. The van der Waals surface area contributed by atoms with Gasteiger partial charge in [0.1, 0.15) is 11.6 Å². The SMILES string of the molecule is CC(NC(=O)OC(C)(C)C)C(=O)N1CCCC(CSc2ncc(B3OC(C)(C)C(C)(C)O3)cn2)C1. The molecule has 2 saturated heterocycles. The van der Waals surface area contributed by atoms with Crippen LogP contribution < -0.4 is 10.8 Å². The van der Waals surface area contributed by atoms with Crippen molar-refractivity contribution in [1.82, 2.24) is 20.2 Å². The van der Waals surface area contributed by atoms with E-state index in [0.29, 0.717) is 24.2 Å². The zero-order chi connectivity index (χ0) is 26.0. The van der Waals surface area contributed by atoms with Gasteiger partial charge in [0.2, 0.25) is 5.91 Å². The topological polar surface area (TPSA) is 103 Å². The second-order valence-electron chi connectivity index (χ2n) is 11.4. The molecule has 2 aliphatic heterocycles. The summed E-state index contributed by atoms with van der Waals surface area (Å²) in [5, 5.41) is 3.34. The van der Waals surface area contributed by atoms with Gasteiger partial charge in [-0.05, 0) is 74.1 Å². The lowest BCUT2D eigenvalue weighted by Gasteiger charge is -2.34. The number of amides is 2. The molecule has 0 radical (unpaired) electrons. The standard InChI is InChI=1S/C24H39BN4O5S/c1-16(28-21(31)32-22(2,3)4)19(30)29-11-9-10-17(14-29)15-35-20-26-12-18(13-27-20)25-33-23(5,6)24(7,8)34-25/h12-13,16-17H,9-11,14-15H2,1-8H3,(H,28,31). The summed E-state index contributed by atoms with van der Waals surface area (Å²) in [6.07, 6.45) is 4.91. The molecule has 2 aliphatic rings. The van der Waals surface area contributed by atoms with Crippen LogP contribution >= 0.6 is 11.8 Å². The molecule has 2 atom stereocenters. The van der Waals surface area contributed by atoms with Crippen molar-refractivity contribution in [1.29, 1.82) is 0 Å². The maximum absolute atomic E-state index is 12.9. The summed E-state index contributed by atoms with van der Waals surface area (Å²) in [6, 6.07) is -0.637. The van der Waals surface area contributed by atoms with Crippen molar-refractivity contribution >= 4 is 36.3 Å². The summed E-state index contributed by atoms with van der Waals surface area (Å²) in [5.41, 5.74) is -0.621. The first-order chi connectivity index (χ1) is 16.2. The zero-order valence-corrected chi connectivity index (χ0v) is 23.0. The number of ether oxygens (including phenoxy) is 1. The van der Waals surface area contributed by atoms with Crippen LogP contribution in [-0.2, 0) is 18.8 Å². The van der Waals surface area contributed by atoms with Crippen molar-refractivity contribution in [3.8, 4) is 0 Å². The van der Waals surface area contributed by atoms with Crippen LogP contribution in [0.25, 0.3) is 0 Å². The Bertz CT molecular complexity index is 890. The smallest absolute Gasteiger partial charge is 0.444 e. The Morgan fingerprint density at radius 3 is 2.40 bits per heavy atom. The maximum atomic E-state index is 12.9. The van der Waals surface area contributed by atoms with Crippen LogP contribution in [0, 0.1) is 5.92 Å². The number of carbonyl (C=O) groups excluding carboxylic acids is 2. The highest BCUT2D eigenvalue weighted by Crippen LogP contribution is 2.36. The lowest BCUT2D eigenvalue weighted by Crippen LogP contribution is -2.51. The minimum Gasteiger partial charge on any atom is -0.444 e. The van der Waals surface area contributed by atoms with Gasteiger partial charge >= 0.3 is 13.2 Å². The maximum Gasteiger partial charge on any atom is 0.498 e. The zero-order valence-electron chi connectivity index (χ0n) is 22.2. The van der Waals surface area contributed by atoms with Gasteiger partial charge < -0.3 is 24.3 Å². The molecule has 1 aromatic rings. The van der Waals surface area contributed by atoms with E-state index < -0.39 is 36.1 Å². The Labute approximate surface area is 213 Å². The Balaban J connectivity index is 1.48. The molecule has 0 saturated carbocycles. The van der Waals surface area contributed by atoms with Crippen LogP contribution in [0.5, 0.6) is 0 Å². The monoisotopic (exact) mass is 506 g/mol. The van der Waals surface area contributed by atoms with Crippen molar-refractivity contribution in [3.63, 3.8) is 0 Å². The molecule has 3 rings (SSSR count). The van der Waals surface area contributed by atoms with Crippen LogP contribution in [0.4, 0.5) is 4.79 Å².